The van der Waals surface area contributed by atoms with Crippen molar-refractivity contribution in [1.82, 2.24) is 10.6 Å². The minimum atomic E-state index is -0.572. The van der Waals surface area contributed by atoms with Crippen LogP contribution in [0.3, 0.4) is 0 Å². The van der Waals surface area contributed by atoms with Crippen molar-refractivity contribution in [3.05, 3.63) is 83.9 Å². The van der Waals surface area contributed by atoms with E-state index < -0.39 is 12.0 Å². The van der Waals surface area contributed by atoms with Crippen molar-refractivity contribution >= 4 is 17.8 Å². The topological polar surface area (TPSA) is 105 Å². The molecule has 2 amide bonds. The third-order valence-corrected chi connectivity index (χ3v) is 6.51. The Kier molecular flexibility index (Phi) is 11.4. The van der Waals surface area contributed by atoms with E-state index in [1.54, 1.807) is 6.92 Å². The molecule has 7 nitrogen and oxygen atoms in total. The lowest BCUT2D eigenvalue weighted by Crippen LogP contribution is -2.45. The molecule has 0 saturated heterocycles. The molecular formula is C30H38N2O5. The summed E-state index contributed by atoms with van der Waals surface area (Å²) in [5, 5.41) is 15.0. The van der Waals surface area contributed by atoms with Crippen LogP contribution in [-0.2, 0) is 32.0 Å². The van der Waals surface area contributed by atoms with Gasteiger partial charge in [0.05, 0.1) is 24.5 Å². The Bertz CT molecular complexity index is 1020. The number of aliphatic hydroxyl groups excluding tert-OH is 1. The van der Waals surface area contributed by atoms with Crippen LogP contribution in [0.1, 0.15) is 43.7 Å². The highest BCUT2D eigenvalue weighted by Gasteiger charge is 2.27. The van der Waals surface area contributed by atoms with Crippen molar-refractivity contribution in [3.8, 4) is 0 Å². The molecule has 198 valence electrons. The first-order valence-electron chi connectivity index (χ1n) is 13.0. The lowest BCUT2D eigenvalue weighted by Gasteiger charge is -2.23. The summed E-state index contributed by atoms with van der Waals surface area (Å²) in [4.78, 5) is 38.9. The van der Waals surface area contributed by atoms with E-state index in [1.807, 2.05) is 72.8 Å². The maximum Gasteiger partial charge on any atom is 0.309 e. The second kappa shape index (κ2) is 15.0. The normalized spacial score (nSPS) is 21.9. The average Bonchev–Trinajstić information content (AvgIpc) is 2.91. The van der Waals surface area contributed by atoms with Crippen LogP contribution in [0.15, 0.2) is 72.8 Å². The molecule has 1 heterocycles. The van der Waals surface area contributed by atoms with Crippen LogP contribution in [0.5, 0.6) is 0 Å². The molecule has 0 aromatic heterocycles. The number of esters is 1. The highest BCUT2D eigenvalue weighted by molar-refractivity contribution is 5.86. The van der Waals surface area contributed by atoms with Crippen molar-refractivity contribution in [2.75, 3.05) is 13.2 Å². The lowest BCUT2D eigenvalue weighted by atomic mass is 9.94. The number of ether oxygens (including phenoxy) is 1. The number of nitrogens with one attached hydrogen (secondary N) is 2. The van der Waals surface area contributed by atoms with Gasteiger partial charge in [0.2, 0.25) is 11.8 Å². The van der Waals surface area contributed by atoms with Crippen LogP contribution in [0.4, 0.5) is 0 Å². The van der Waals surface area contributed by atoms with Gasteiger partial charge in [-0.05, 0) is 50.2 Å². The van der Waals surface area contributed by atoms with Crippen LogP contribution in [0.25, 0.3) is 0 Å². The van der Waals surface area contributed by atoms with E-state index in [9.17, 15) is 19.5 Å². The van der Waals surface area contributed by atoms with Gasteiger partial charge in [0, 0.05) is 12.5 Å². The van der Waals surface area contributed by atoms with E-state index in [0.29, 0.717) is 32.1 Å². The summed E-state index contributed by atoms with van der Waals surface area (Å²) in [6, 6.07) is 18.8. The fourth-order valence-corrected chi connectivity index (χ4v) is 4.43. The summed E-state index contributed by atoms with van der Waals surface area (Å²) < 4.78 is 5.77. The van der Waals surface area contributed by atoms with Gasteiger partial charge in [-0.25, -0.2) is 0 Å². The summed E-state index contributed by atoms with van der Waals surface area (Å²) in [5.41, 5.74) is 2.09. The Morgan fingerprint density at radius 1 is 1.00 bits per heavy atom. The van der Waals surface area contributed by atoms with E-state index in [2.05, 4.69) is 10.6 Å². The molecule has 4 atom stereocenters. The maximum atomic E-state index is 13.3. The number of carbonyl (C=O) groups is 3. The van der Waals surface area contributed by atoms with Crippen LogP contribution in [-0.4, -0.2) is 48.2 Å². The smallest absolute Gasteiger partial charge is 0.309 e. The molecule has 37 heavy (non-hydrogen) atoms. The van der Waals surface area contributed by atoms with E-state index in [4.69, 9.17) is 4.74 Å². The van der Waals surface area contributed by atoms with E-state index in [-0.39, 0.29) is 49.4 Å². The molecule has 2 aromatic rings. The molecule has 2 aromatic carbocycles. The number of amides is 2. The van der Waals surface area contributed by atoms with Crippen molar-refractivity contribution in [1.29, 1.82) is 0 Å². The molecule has 0 radical (unpaired) electrons. The van der Waals surface area contributed by atoms with Gasteiger partial charge in [-0.15, -0.1) is 0 Å². The molecule has 0 bridgehead atoms. The zero-order valence-corrected chi connectivity index (χ0v) is 21.5. The van der Waals surface area contributed by atoms with E-state index >= 15 is 0 Å². The standard InChI is InChI=1S/C30H38N2O5/c1-22(20-33)31-28(34)19-25-15-9-4-10-16-26(17-23-11-5-2-6-12-23)30(36)37-21-27(32-29(25)35)18-24-13-7-3-8-14-24/h2-9,11-14,22,25-27,33H,10,15-21H2,1H3,(H,31,34)(H,32,35)/t22-,25-,26-,27+/m1/s1. The van der Waals surface area contributed by atoms with Crippen molar-refractivity contribution in [2.24, 2.45) is 11.8 Å². The van der Waals surface area contributed by atoms with Gasteiger partial charge < -0.3 is 20.5 Å². The average molecular weight is 507 g/mol. The van der Waals surface area contributed by atoms with Gasteiger partial charge in [0.25, 0.3) is 0 Å². The second-order valence-corrected chi connectivity index (χ2v) is 9.75. The SMILES string of the molecule is C[C@H](CO)NC(=O)C[C@H]1CC=CCC[C@H](Cc2ccccc2)C(=O)OC[C@H](Cc2ccccc2)NC1=O. The molecular weight excluding hydrogens is 468 g/mol. The van der Waals surface area contributed by atoms with Crippen LogP contribution in [0.2, 0.25) is 0 Å². The largest absolute Gasteiger partial charge is 0.463 e. The van der Waals surface area contributed by atoms with Crippen LogP contribution < -0.4 is 10.6 Å². The molecule has 0 unspecified atom stereocenters. The first kappa shape index (κ1) is 28.1. The minimum absolute atomic E-state index is 0.00892. The number of rotatable bonds is 8. The summed E-state index contributed by atoms with van der Waals surface area (Å²) in [7, 11) is 0. The number of cyclic esters (lactones) is 1. The van der Waals surface area contributed by atoms with Crippen molar-refractivity contribution < 1.29 is 24.2 Å². The Balaban J connectivity index is 1.77. The molecule has 0 fully saturated rings. The summed E-state index contributed by atoms with van der Waals surface area (Å²) in [5.74, 6) is -1.67. The van der Waals surface area contributed by atoms with Crippen LogP contribution >= 0.6 is 0 Å². The molecule has 1 aliphatic rings. The zero-order chi connectivity index (χ0) is 26.5. The molecule has 0 aliphatic carbocycles. The molecule has 1 aliphatic heterocycles. The Morgan fingerprint density at radius 3 is 2.30 bits per heavy atom. The molecule has 0 saturated carbocycles. The first-order chi connectivity index (χ1) is 17.9. The predicted molar refractivity (Wildman–Crippen MR) is 142 cm³/mol. The first-order valence-corrected chi connectivity index (χ1v) is 13.0. The van der Waals surface area contributed by atoms with E-state index in [0.717, 1.165) is 11.1 Å². The lowest BCUT2D eigenvalue weighted by molar-refractivity contribution is -0.150. The van der Waals surface area contributed by atoms with Crippen LogP contribution in [0, 0.1) is 11.8 Å². The summed E-state index contributed by atoms with van der Waals surface area (Å²) >= 11 is 0. The number of benzene rings is 2. The van der Waals surface area contributed by atoms with Gasteiger partial charge in [-0.1, -0.05) is 72.8 Å². The van der Waals surface area contributed by atoms with Gasteiger partial charge in [0.1, 0.15) is 6.61 Å². The number of hydrogen-bond donors (Lipinski definition) is 3. The molecule has 7 heteroatoms. The molecule has 3 N–H and O–H groups in total. The minimum Gasteiger partial charge on any atom is -0.463 e. The fourth-order valence-electron chi connectivity index (χ4n) is 4.43. The summed E-state index contributed by atoms with van der Waals surface area (Å²) in [6.45, 7) is 1.59. The molecule has 0 spiro atoms. The fraction of sp³-hybridized carbons (Fsp3) is 0.433. The van der Waals surface area contributed by atoms with Crippen molar-refractivity contribution in [3.63, 3.8) is 0 Å². The monoisotopic (exact) mass is 506 g/mol. The number of hydrogen-bond acceptors (Lipinski definition) is 5. The Labute approximate surface area is 219 Å². The second-order valence-electron chi connectivity index (χ2n) is 9.75. The highest BCUT2D eigenvalue weighted by atomic mass is 16.5. The number of aliphatic hydroxyl groups is 1. The number of carbonyl (C=O) groups excluding carboxylic acids is 3. The summed E-state index contributed by atoms with van der Waals surface area (Å²) in [6.07, 6.45) is 6.70. The zero-order valence-electron chi connectivity index (χ0n) is 21.5. The highest BCUT2D eigenvalue weighted by Crippen LogP contribution is 2.19. The number of allylic oxidation sites excluding steroid dienone is 2. The van der Waals surface area contributed by atoms with Crippen molar-refractivity contribution in [2.45, 2.75) is 57.5 Å². The Morgan fingerprint density at radius 2 is 1.65 bits per heavy atom. The quantitative estimate of drug-likeness (QED) is 0.376. The maximum absolute atomic E-state index is 13.3. The van der Waals surface area contributed by atoms with Gasteiger partial charge in [-0.2, -0.15) is 0 Å². The Hall–Kier alpha value is -3.45. The molecule has 3 rings (SSSR count). The third kappa shape index (κ3) is 9.84. The predicted octanol–water partition coefficient (Wildman–Crippen LogP) is 3.36. The third-order valence-electron chi connectivity index (χ3n) is 6.51. The van der Waals surface area contributed by atoms with Gasteiger partial charge in [-0.3, -0.25) is 14.4 Å². The van der Waals surface area contributed by atoms with Gasteiger partial charge >= 0.3 is 5.97 Å². The van der Waals surface area contributed by atoms with E-state index in [1.165, 1.54) is 0 Å². The van der Waals surface area contributed by atoms with Gasteiger partial charge in [0.15, 0.2) is 0 Å².